The molecule has 0 radical (unpaired) electrons. The van der Waals surface area contributed by atoms with Gasteiger partial charge in [0, 0.05) is 7.05 Å². The van der Waals surface area contributed by atoms with Gasteiger partial charge in [0.1, 0.15) is 0 Å². The number of benzene rings is 1. The van der Waals surface area contributed by atoms with Crippen molar-refractivity contribution in [3.05, 3.63) is 24.3 Å². The summed E-state index contributed by atoms with van der Waals surface area (Å²) in [6.07, 6.45) is 0. The van der Waals surface area contributed by atoms with Crippen LogP contribution in [0.4, 0.5) is 0 Å². The van der Waals surface area contributed by atoms with Crippen molar-refractivity contribution in [3.8, 4) is 5.88 Å². The van der Waals surface area contributed by atoms with Gasteiger partial charge in [-0.1, -0.05) is 12.1 Å². The third kappa shape index (κ3) is 1.69. The summed E-state index contributed by atoms with van der Waals surface area (Å²) in [5.41, 5.74) is 6.08. The van der Waals surface area contributed by atoms with Crippen molar-refractivity contribution >= 4 is 16.9 Å². The monoisotopic (exact) mass is 205 g/mol. The third-order valence-corrected chi connectivity index (χ3v) is 2.10. The molecule has 0 fully saturated rings. The van der Waals surface area contributed by atoms with E-state index in [1.807, 2.05) is 24.3 Å². The van der Waals surface area contributed by atoms with Crippen molar-refractivity contribution < 1.29 is 9.53 Å². The van der Waals surface area contributed by atoms with Gasteiger partial charge in [0.25, 0.3) is 0 Å². The van der Waals surface area contributed by atoms with E-state index < -0.39 is 5.97 Å². The summed E-state index contributed by atoms with van der Waals surface area (Å²) in [7, 11) is 1.79. The highest BCUT2D eigenvalue weighted by Crippen LogP contribution is 2.23. The average molecular weight is 205 g/mol. The van der Waals surface area contributed by atoms with Crippen LogP contribution >= 0.6 is 0 Å². The Morgan fingerprint density at radius 1 is 1.53 bits per heavy atom. The van der Waals surface area contributed by atoms with Crippen molar-refractivity contribution in [1.29, 1.82) is 0 Å². The molecule has 1 heterocycles. The maximum atomic E-state index is 11.0. The summed E-state index contributed by atoms with van der Waals surface area (Å²) < 4.78 is 6.66. The minimum Gasteiger partial charge on any atom is -0.404 e. The van der Waals surface area contributed by atoms with E-state index in [2.05, 4.69) is 5.10 Å². The molecule has 5 nitrogen and oxygen atoms in total. The number of ether oxygens (including phenoxy) is 1. The van der Waals surface area contributed by atoms with Gasteiger partial charge < -0.3 is 10.5 Å². The first-order chi connectivity index (χ1) is 7.22. The van der Waals surface area contributed by atoms with Gasteiger partial charge >= 0.3 is 5.97 Å². The van der Waals surface area contributed by atoms with Gasteiger partial charge in [0.2, 0.25) is 5.88 Å². The van der Waals surface area contributed by atoms with Gasteiger partial charge in [-0.3, -0.25) is 9.48 Å². The lowest BCUT2D eigenvalue weighted by Gasteiger charge is -1.97. The van der Waals surface area contributed by atoms with Crippen LogP contribution in [-0.4, -0.2) is 22.3 Å². The maximum absolute atomic E-state index is 11.0. The number of nitrogens with zero attached hydrogens (tertiary/aromatic N) is 2. The molecular formula is C10H11N3O2. The van der Waals surface area contributed by atoms with Crippen LogP contribution in [0, 0.1) is 0 Å². The van der Waals surface area contributed by atoms with Gasteiger partial charge in [-0.15, -0.1) is 5.10 Å². The number of nitrogens with two attached hydrogens (primary N) is 1. The van der Waals surface area contributed by atoms with Crippen molar-refractivity contribution in [3.63, 3.8) is 0 Å². The number of hydrogen-bond donors (Lipinski definition) is 1. The molecule has 5 heteroatoms. The Bertz CT molecular complexity index is 504. The number of aromatic nitrogens is 2. The number of aryl methyl sites for hydroxylation is 1. The van der Waals surface area contributed by atoms with Crippen LogP contribution in [0.5, 0.6) is 5.88 Å². The lowest BCUT2D eigenvalue weighted by molar-refractivity contribution is -0.132. The fourth-order valence-electron chi connectivity index (χ4n) is 1.41. The fraction of sp³-hybridized carbons (Fsp3) is 0.200. The van der Waals surface area contributed by atoms with E-state index in [0.717, 1.165) is 10.9 Å². The Hall–Kier alpha value is -1.88. The summed E-state index contributed by atoms with van der Waals surface area (Å²) in [4.78, 5) is 11.0. The Morgan fingerprint density at radius 3 is 3.00 bits per heavy atom. The van der Waals surface area contributed by atoms with E-state index in [0.29, 0.717) is 5.88 Å². The molecule has 2 N–H and O–H groups in total. The van der Waals surface area contributed by atoms with Crippen molar-refractivity contribution in [1.82, 2.24) is 9.78 Å². The number of hydrogen-bond acceptors (Lipinski definition) is 4. The van der Waals surface area contributed by atoms with E-state index in [-0.39, 0.29) is 6.54 Å². The first kappa shape index (κ1) is 9.67. The second kappa shape index (κ2) is 3.70. The molecular weight excluding hydrogens is 194 g/mol. The predicted octanol–water partition coefficient (Wildman–Crippen LogP) is 0.437. The van der Waals surface area contributed by atoms with Crippen molar-refractivity contribution in [2.24, 2.45) is 12.8 Å². The number of carbonyl (C=O) groups excluding carboxylic acids is 1. The Morgan fingerprint density at radius 2 is 2.27 bits per heavy atom. The molecule has 0 saturated carbocycles. The van der Waals surface area contributed by atoms with Crippen LogP contribution in [0.15, 0.2) is 24.3 Å². The molecule has 1 aromatic carbocycles. The number of esters is 1. The van der Waals surface area contributed by atoms with Gasteiger partial charge in [0.15, 0.2) is 0 Å². The minimum atomic E-state index is -0.487. The van der Waals surface area contributed by atoms with E-state index in [1.54, 1.807) is 11.7 Å². The zero-order valence-electron chi connectivity index (χ0n) is 8.30. The SMILES string of the molecule is Cn1nc(OC(=O)CN)c2ccccc21. The largest absolute Gasteiger partial charge is 0.404 e. The summed E-state index contributed by atoms with van der Waals surface area (Å²) in [5, 5.41) is 4.90. The van der Waals surface area contributed by atoms with Crippen LogP contribution < -0.4 is 10.5 Å². The van der Waals surface area contributed by atoms with Crippen LogP contribution in [0.1, 0.15) is 0 Å². The lowest BCUT2D eigenvalue weighted by Crippen LogP contribution is -2.19. The molecule has 0 aliphatic carbocycles. The van der Waals surface area contributed by atoms with Crippen LogP contribution in [-0.2, 0) is 11.8 Å². The maximum Gasteiger partial charge on any atom is 0.326 e. The van der Waals surface area contributed by atoms with E-state index in [4.69, 9.17) is 10.5 Å². The van der Waals surface area contributed by atoms with Crippen molar-refractivity contribution in [2.45, 2.75) is 0 Å². The van der Waals surface area contributed by atoms with E-state index >= 15 is 0 Å². The lowest BCUT2D eigenvalue weighted by atomic mass is 10.2. The standard InChI is InChI=1S/C10H11N3O2/c1-13-8-5-3-2-4-7(8)10(12-13)15-9(14)6-11/h2-5H,6,11H2,1H3. The molecule has 0 amide bonds. The molecule has 2 rings (SSSR count). The third-order valence-electron chi connectivity index (χ3n) is 2.10. The molecule has 0 aliphatic heterocycles. The molecule has 15 heavy (non-hydrogen) atoms. The summed E-state index contributed by atoms with van der Waals surface area (Å²) in [5.74, 6) is -0.178. The molecule has 0 aliphatic rings. The average Bonchev–Trinajstić information content (AvgIpc) is 2.57. The second-order valence-electron chi connectivity index (χ2n) is 3.12. The fourth-order valence-corrected chi connectivity index (χ4v) is 1.41. The van der Waals surface area contributed by atoms with Gasteiger partial charge in [-0.2, -0.15) is 0 Å². The zero-order valence-corrected chi connectivity index (χ0v) is 8.30. The van der Waals surface area contributed by atoms with Crippen molar-refractivity contribution in [2.75, 3.05) is 6.54 Å². The van der Waals surface area contributed by atoms with E-state index in [9.17, 15) is 4.79 Å². The van der Waals surface area contributed by atoms with Gasteiger partial charge in [-0.05, 0) is 12.1 Å². The number of fused-ring (bicyclic) bond motifs is 1. The summed E-state index contributed by atoms with van der Waals surface area (Å²) in [6.45, 7) is -0.148. The molecule has 0 spiro atoms. The minimum absolute atomic E-state index is 0.148. The highest BCUT2D eigenvalue weighted by atomic mass is 16.5. The van der Waals surface area contributed by atoms with Crippen LogP contribution in [0.2, 0.25) is 0 Å². The predicted molar refractivity (Wildman–Crippen MR) is 55.4 cm³/mol. The summed E-state index contributed by atoms with van der Waals surface area (Å²) in [6, 6.07) is 7.52. The van der Waals surface area contributed by atoms with E-state index in [1.165, 1.54) is 0 Å². The quantitative estimate of drug-likeness (QED) is 0.722. The molecule has 1 aromatic heterocycles. The first-order valence-electron chi connectivity index (χ1n) is 4.55. The highest BCUT2D eigenvalue weighted by Gasteiger charge is 2.11. The van der Waals surface area contributed by atoms with Crippen LogP contribution in [0.3, 0.4) is 0 Å². The summed E-state index contributed by atoms with van der Waals surface area (Å²) >= 11 is 0. The van der Waals surface area contributed by atoms with Gasteiger partial charge in [-0.25, -0.2) is 0 Å². The molecule has 78 valence electrons. The Labute approximate surface area is 86.4 Å². The zero-order chi connectivity index (χ0) is 10.8. The highest BCUT2D eigenvalue weighted by molar-refractivity contribution is 5.87. The Balaban J connectivity index is 2.48. The van der Waals surface area contributed by atoms with Crippen LogP contribution in [0.25, 0.3) is 10.9 Å². The molecule has 2 aromatic rings. The molecule has 0 atom stereocenters. The number of rotatable bonds is 2. The first-order valence-corrected chi connectivity index (χ1v) is 4.55. The molecule has 0 saturated heterocycles. The number of para-hydroxylation sites is 1. The van der Waals surface area contributed by atoms with Gasteiger partial charge in [0.05, 0.1) is 17.4 Å². The second-order valence-corrected chi connectivity index (χ2v) is 3.12. The number of carbonyl (C=O) groups is 1. The normalized spacial score (nSPS) is 10.5. The Kier molecular flexibility index (Phi) is 2.39. The molecule has 0 unspecified atom stereocenters. The topological polar surface area (TPSA) is 70.1 Å². The molecule has 0 bridgehead atoms. The smallest absolute Gasteiger partial charge is 0.326 e.